The van der Waals surface area contributed by atoms with Gasteiger partial charge in [-0.1, -0.05) is 24.3 Å². The second-order valence-corrected chi connectivity index (χ2v) is 9.01. The van der Waals surface area contributed by atoms with Crippen LogP contribution in [0.15, 0.2) is 48.5 Å². The maximum absolute atomic E-state index is 13.1. The van der Waals surface area contributed by atoms with Crippen LogP contribution in [0.5, 0.6) is 0 Å². The molecule has 150 valence electrons. The quantitative estimate of drug-likeness (QED) is 0.572. The normalized spacial score (nSPS) is 20.7. The minimum absolute atomic E-state index is 0.275. The SMILES string of the molecule is CS(=O)(=O)Nc1ccc(C(=O)CN2C(=O)N[C@]3(CCc4ccccc43)C2=O)cc1. The average Bonchev–Trinajstić information content (AvgIpc) is 3.15. The minimum Gasteiger partial charge on any atom is -0.319 e. The van der Waals surface area contributed by atoms with Crippen molar-refractivity contribution in [3.05, 3.63) is 65.2 Å². The second-order valence-electron chi connectivity index (χ2n) is 7.26. The predicted octanol–water partition coefficient (Wildman–Crippen LogP) is 1.63. The number of ketones is 1. The van der Waals surface area contributed by atoms with Crippen LogP contribution >= 0.6 is 0 Å². The zero-order chi connectivity index (χ0) is 20.8. The lowest BCUT2D eigenvalue weighted by atomic mass is 9.92. The highest BCUT2D eigenvalue weighted by molar-refractivity contribution is 7.92. The van der Waals surface area contributed by atoms with Gasteiger partial charge in [0.1, 0.15) is 5.54 Å². The number of benzene rings is 2. The van der Waals surface area contributed by atoms with E-state index in [0.717, 1.165) is 22.3 Å². The van der Waals surface area contributed by atoms with E-state index in [9.17, 15) is 22.8 Å². The number of carbonyl (C=O) groups excluding carboxylic acids is 3. The van der Waals surface area contributed by atoms with Crippen LogP contribution in [0.25, 0.3) is 0 Å². The van der Waals surface area contributed by atoms with E-state index in [1.807, 2.05) is 24.3 Å². The molecule has 1 fully saturated rings. The van der Waals surface area contributed by atoms with Gasteiger partial charge in [-0.2, -0.15) is 0 Å². The van der Waals surface area contributed by atoms with Crippen molar-refractivity contribution >= 4 is 33.4 Å². The van der Waals surface area contributed by atoms with Gasteiger partial charge in [0.25, 0.3) is 5.91 Å². The molecule has 0 aromatic heterocycles. The van der Waals surface area contributed by atoms with Gasteiger partial charge in [-0.3, -0.25) is 19.2 Å². The summed E-state index contributed by atoms with van der Waals surface area (Å²) >= 11 is 0. The third-order valence-corrected chi connectivity index (χ3v) is 5.84. The molecule has 1 atom stereocenters. The molecule has 29 heavy (non-hydrogen) atoms. The molecule has 0 bridgehead atoms. The zero-order valence-electron chi connectivity index (χ0n) is 15.6. The molecule has 2 N–H and O–H groups in total. The number of hydrogen-bond donors (Lipinski definition) is 2. The molecule has 9 heteroatoms. The van der Waals surface area contributed by atoms with Gasteiger partial charge in [-0.25, -0.2) is 13.2 Å². The van der Waals surface area contributed by atoms with Crippen LogP contribution in [0.2, 0.25) is 0 Å². The smallest absolute Gasteiger partial charge is 0.319 e. The largest absolute Gasteiger partial charge is 0.325 e. The third kappa shape index (κ3) is 3.38. The van der Waals surface area contributed by atoms with Gasteiger partial charge in [-0.15, -0.1) is 0 Å². The van der Waals surface area contributed by atoms with Crippen LogP contribution in [-0.4, -0.2) is 43.8 Å². The first kappa shape index (κ1) is 19.1. The molecule has 1 spiro atoms. The van der Waals surface area contributed by atoms with Gasteiger partial charge in [-0.05, 0) is 48.2 Å². The van der Waals surface area contributed by atoms with Crippen molar-refractivity contribution in [1.29, 1.82) is 0 Å². The summed E-state index contributed by atoms with van der Waals surface area (Å²) in [5.41, 5.74) is 1.29. The van der Waals surface area contributed by atoms with Gasteiger partial charge >= 0.3 is 6.03 Å². The molecule has 3 amide bonds. The molecule has 1 heterocycles. The third-order valence-electron chi connectivity index (χ3n) is 5.23. The van der Waals surface area contributed by atoms with Crippen molar-refractivity contribution in [3.63, 3.8) is 0 Å². The minimum atomic E-state index is -3.42. The number of aryl methyl sites for hydroxylation is 1. The van der Waals surface area contributed by atoms with E-state index >= 15 is 0 Å². The van der Waals surface area contributed by atoms with Crippen LogP contribution < -0.4 is 10.0 Å². The fourth-order valence-electron chi connectivity index (χ4n) is 3.91. The lowest BCUT2D eigenvalue weighted by Gasteiger charge is -2.22. The molecule has 1 saturated heterocycles. The van der Waals surface area contributed by atoms with Gasteiger partial charge in [0.05, 0.1) is 12.8 Å². The number of amides is 3. The van der Waals surface area contributed by atoms with Crippen molar-refractivity contribution in [3.8, 4) is 0 Å². The van der Waals surface area contributed by atoms with E-state index < -0.39 is 33.3 Å². The Labute approximate surface area is 168 Å². The van der Waals surface area contributed by atoms with Gasteiger partial charge < -0.3 is 5.32 Å². The molecular weight excluding hydrogens is 394 g/mol. The first-order valence-corrected chi connectivity index (χ1v) is 10.9. The van der Waals surface area contributed by atoms with Crippen LogP contribution in [0.3, 0.4) is 0 Å². The van der Waals surface area contributed by atoms with E-state index in [1.165, 1.54) is 24.3 Å². The Morgan fingerprint density at radius 1 is 1.14 bits per heavy atom. The number of nitrogens with zero attached hydrogens (tertiary/aromatic N) is 1. The zero-order valence-corrected chi connectivity index (χ0v) is 16.5. The van der Waals surface area contributed by atoms with Crippen molar-refractivity contribution in [2.45, 2.75) is 18.4 Å². The van der Waals surface area contributed by atoms with E-state index in [1.54, 1.807) is 0 Å². The summed E-state index contributed by atoms with van der Waals surface area (Å²) in [6.07, 6.45) is 2.17. The van der Waals surface area contributed by atoms with E-state index in [0.29, 0.717) is 18.5 Å². The monoisotopic (exact) mass is 413 g/mol. The Hall–Kier alpha value is -3.20. The fraction of sp³-hybridized carbons (Fsp3) is 0.250. The molecule has 1 aliphatic heterocycles. The van der Waals surface area contributed by atoms with Crippen molar-refractivity contribution in [2.75, 3.05) is 17.5 Å². The second kappa shape index (κ2) is 6.70. The number of Topliss-reactive ketones (excluding diaryl/α,β-unsaturated/α-hetero) is 1. The number of fused-ring (bicyclic) bond motifs is 2. The first-order valence-electron chi connectivity index (χ1n) is 9.03. The van der Waals surface area contributed by atoms with E-state index in [-0.39, 0.29) is 12.1 Å². The van der Waals surface area contributed by atoms with Crippen LogP contribution in [0.1, 0.15) is 27.9 Å². The van der Waals surface area contributed by atoms with Crippen LogP contribution in [-0.2, 0) is 26.8 Å². The molecule has 4 rings (SSSR count). The highest BCUT2D eigenvalue weighted by Crippen LogP contribution is 2.41. The Morgan fingerprint density at radius 3 is 2.52 bits per heavy atom. The first-order chi connectivity index (χ1) is 13.7. The highest BCUT2D eigenvalue weighted by Gasteiger charge is 2.55. The number of sulfonamides is 1. The number of anilines is 1. The topological polar surface area (TPSA) is 113 Å². The number of imide groups is 1. The molecule has 0 unspecified atom stereocenters. The lowest BCUT2D eigenvalue weighted by Crippen LogP contribution is -2.42. The summed E-state index contributed by atoms with van der Waals surface area (Å²) in [6.45, 7) is -0.382. The lowest BCUT2D eigenvalue weighted by molar-refractivity contribution is -0.131. The number of nitrogens with one attached hydrogen (secondary N) is 2. The van der Waals surface area contributed by atoms with Crippen LogP contribution in [0.4, 0.5) is 10.5 Å². The van der Waals surface area contributed by atoms with Gasteiger partial charge in [0, 0.05) is 11.3 Å². The Balaban J connectivity index is 1.52. The summed E-state index contributed by atoms with van der Waals surface area (Å²) in [7, 11) is -3.42. The van der Waals surface area contributed by atoms with Crippen molar-refractivity contribution in [2.24, 2.45) is 0 Å². The number of hydrogen-bond acceptors (Lipinski definition) is 5. The molecule has 1 aliphatic carbocycles. The van der Waals surface area contributed by atoms with Gasteiger partial charge in [0.2, 0.25) is 10.0 Å². The Kier molecular flexibility index (Phi) is 4.42. The Bertz CT molecular complexity index is 1130. The highest BCUT2D eigenvalue weighted by atomic mass is 32.2. The number of urea groups is 1. The summed E-state index contributed by atoms with van der Waals surface area (Å²) in [5, 5.41) is 2.79. The molecule has 2 aliphatic rings. The average molecular weight is 413 g/mol. The summed E-state index contributed by atoms with van der Waals surface area (Å²) in [5.74, 6) is -0.834. The molecule has 2 aromatic rings. The van der Waals surface area contributed by atoms with Crippen molar-refractivity contribution < 1.29 is 22.8 Å². The summed E-state index contributed by atoms with van der Waals surface area (Å²) < 4.78 is 24.8. The molecular formula is C20H19N3O5S. The van der Waals surface area contributed by atoms with E-state index in [4.69, 9.17) is 0 Å². The molecule has 2 aromatic carbocycles. The van der Waals surface area contributed by atoms with Gasteiger partial charge in [0.15, 0.2) is 5.78 Å². The van der Waals surface area contributed by atoms with Crippen molar-refractivity contribution in [1.82, 2.24) is 10.2 Å². The molecule has 0 saturated carbocycles. The van der Waals surface area contributed by atoms with E-state index in [2.05, 4.69) is 10.0 Å². The van der Waals surface area contributed by atoms with Crippen LogP contribution in [0, 0.1) is 0 Å². The summed E-state index contributed by atoms with van der Waals surface area (Å²) in [4.78, 5) is 39.2. The molecule has 0 radical (unpaired) electrons. The molecule has 8 nitrogen and oxygen atoms in total. The summed E-state index contributed by atoms with van der Waals surface area (Å²) in [6, 6.07) is 12.7. The number of carbonyl (C=O) groups is 3. The maximum Gasteiger partial charge on any atom is 0.325 e. The maximum atomic E-state index is 13.1. The fourth-order valence-corrected chi connectivity index (χ4v) is 4.47. The standard InChI is InChI=1S/C20H19N3O5S/c1-29(27,28)22-15-8-6-14(7-9-15)17(24)12-23-18(25)20(21-19(23)26)11-10-13-4-2-3-5-16(13)20/h2-9,22H,10-12H2,1H3,(H,21,26)/t20-/m0/s1. The Morgan fingerprint density at radius 2 is 1.83 bits per heavy atom. The number of rotatable bonds is 5. The predicted molar refractivity (Wildman–Crippen MR) is 106 cm³/mol.